The third-order valence-corrected chi connectivity index (χ3v) is 5.90. The van der Waals surface area contributed by atoms with Gasteiger partial charge in [-0.2, -0.15) is 4.31 Å². The van der Waals surface area contributed by atoms with Crippen LogP contribution < -0.4 is 0 Å². The fourth-order valence-corrected chi connectivity index (χ4v) is 4.98. The number of nitrogens with zero attached hydrogens (tertiary/aromatic N) is 2. The van der Waals surface area contributed by atoms with Crippen LogP contribution in [0.3, 0.4) is 0 Å². The van der Waals surface area contributed by atoms with E-state index in [4.69, 9.17) is 0 Å². The Morgan fingerprint density at radius 1 is 1.44 bits per heavy atom. The molecule has 1 saturated heterocycles. The Hall–Kier alpha value is -0.460. The fourth-order valence-electron chi connectivity index (χ4n) is 2.52. The molecule has 4 nitrogen and oxygen atoms in total. The normalized spacial score (nSPS) is 25.5. The molecule has 1 aliphatic rings. The van der Waals surface area contributed by atoms with Crippen molar-refractivity contribution in [3.63, 3.8) is 0 Å². The van der Waals surface area contributed by atoms with E-state index in [0.29, 0.717) is 4.47 Å². The largest absolute Gasteiger partial charge is 0.262 e. The molecule has 0 spiro atoms. The second-order valence-corrected chi connectivity index (χ2v) is 7.42. The summed E-state index contributed by atoms with van der Waals surface area (Å²) in [6.45, 7) is 4.00. The van der Waals surface area contributed by atoms with E-state index < -0.39 is 10.0 Å². The topological polar surface area (TPSA) is 50.3 Å². The maximum atomic E-state index is 12.6. The minimum absolute atomic E-state index is 0.0685. The number of sulfonamides is 1. The number of hydrogen-bond acceptors (Lipinski definition) is 3. The quantitative estimate of drug-likeness (QED) is 0.855. The van der Waals surface area contributed by atoms with Crippen LogP contribution >= 0.6 is 15.9 Å². The second-order valence-electron chi connectivity index (χ2n) is 4.66. The van der Waals surface area contributed by atoms with Gasteiger partial charge in [0, 0.05) is 29.0 Å². The molecule has 1 aromatic heterocycles. The summed E-state index contributed by atoms with van der Waals surface area (Å²) in [5.41, 5.74) is 0. The third-order valence-electron chi connectivity index (χ3n) is 3.44. The van der Waals surface area contributed by atoms with E-state index in [0.717, 1.165) is 19.3 Å². The van der Waals surface area contributed by atoms with Crippen molar-refractivity contribution in [3.8, 4) is 0 Å². The minimum Gasteiger partial charge on any atom is -0.262 e. The number of rotatable bonds is 3. The van der Waals surface area contributed by atoms with Crippen molar-refractivity contribution < 1.29 is 8.42 Å². The molecule has 1 aromatic rings. The zero-order valence-electron chi connectivity index (χ0n) is 10.5. The molecule has 100 valence electrons. The number of hydrogen-bond donors (Lipinski definition) is 0. The highest BCUT2D eigenvalue weighted by atomic mass is 79.9. The summed E-state index contributed by atoms with van der Waals surface area (Å²) in [5, 5.41) is 0. The molecule has 0 saturated carbocycles. The Labute approximate surface area is 117 Å². The van der Waals surface area contributed by atoms with Crippen LogP contribution in [-0.4, -0.2) is 29.8 Å². The standard InChI is InChI=1S/C12H17BrN2O2S/c1-3-11-5-4-9(2)15(11)18(16,17)12-6-10(13)7-14-8-12/h6-9,11H,3-5H2,1-2H3. The van der Waals surface area contributed by atoms with Crippen LogP contribution in [0.25, 0.3) is 0 Å². The molecule has 1 fully saturated rings. The van der Waals surface area contributed by atoms with Crippen molar-refractivity contribution in [2.24, 2.45) is 0 Å². The van der Waals surface area contributed by atoms with E-state index in [1.165, 1.54) is 6.20 Å². The van der Waals surface area contributed by atoms with Crippen LogP contribution in [0.15, 0.2) is 27.8 Å². The van der Waals surface area contributed by atoms with Gasteiger partial charge in [-0.3, -0.25) is 4.98 Å². The molecule has 2 unspecified atom stereocenters. The Kier molecular flexibility index (Phi) is 4.08. The highest BCUT2D eigenvalue weighted by Crippen LogP contribution is 2.32. The van der Waals surface area contributed by atoms with Gasteiger partial charge in [0.05, 0.1) is 0 Å². The van der Waals surface area contributed by atoms with Crippen molar-refractivity contribution in [2.45, 2.75) is 50.1 Å². The molecule has 2 heterocycles. The van der Waals surface area contributed by atoms with Gasteiger partial charge in [0.25, 0.3) is 0 Å². The molecule has 0 radical (unpaired) electrons. The SMILES string of the molecule is CCC1CCC(C)N1S(=O)(=O)c1cncc(Br)c1. The summed E-state index contributed by atoms with van der Waals surface area (Å²) in [7, 11) is -3.43. The van der Waals surface area contributed by atoms with E-state index in [1.54, 1.807) is 16.6 Å². The minimum atomic E-state index is -3.43. The molecule has 0 bridgehead atoms. The summed E-state index contributed by atoms with van der Waals surface area (Å²) in [6.07, 6.45) is 5.73. The molecule has 1 aliphatic heterocycles. The summed E-state index contributed by atoms with van der Waals surface area (Å²) < 4.78 is 27.6. The molecule has 2 rings (SSSR count). The number of aromatic nitrogens is 1. The van der Waals surface area contributed by atoms with Gasteiger partial charge in [0.2, 0.25) is 10.0 Å². The number of pyridine rings is 1. The van der Waals surface area contributed by atoms with E-state index in [2.05, 4.69) is 20.9 Å². The van der Waals surface area contributed by atoms with Gasteiger partial charge in [-0.25, -0.2) is 8.42 Å². The fraction of sp³-hybridized carbons (Fsp3) is 0.583. The van der Waals surface area contributed by atoms with Crippen LogP contribution in [0.1, 0.15) is 33.1 Å². The molecule has 0 N–H and O–H groups in total. The molecule has 18 heavy (non-hydrogen) atoms. The van der Waals surface area contributed by atoms with Crippen molar-refractivity contribution in [1.82, 2.24) is 9.29 Å². The van der Waals surface area contributed by atoms with E-state index in [-0.39, 0.29) is 17.0 Å². The Bertz CT molecular complexity index is 533. The van der Waals surface area contributed by atoms with Crippen molar-refractivity contribution >= 4 is 26.0 Å². The molecular formula is C12H17BrN2O2S. The lowest BCUT2D eigenvalue weighted by molar-refractivity contribution is 0.328. The van der Waals surface area contributed by atoms with Crippen LogP contribution in [0.4, 0.5) is 0 Å². The smallest absolute Gasteiger partial charge is 0.245 e. The van der Waals surface area contributed by atoms with Crippen LogP contribution in [0.2, 0.25) is 0 Å². The van der Waals surface area contributed by atoms with Crippen LogP contribution in [0.5, 0.6) is 0 Å². The first-order valence-corrected chi connectivity index (χ1v) is 8.34. The van der Waals surface area contributed by atoms with Gasteiger partial charge in [0.15, 0.2) is 0 Å². The van der Waals surface area contributed by atoms with Crippen LogP contribution in [0, 0.1) is 0 Å². The number of halogens is 1. The highest BCUT2D eigenvalue weighted by Gasteiger charge is 2.39. The summed E-state index contributed by atoms with van der Waals surface area (Å²) in [4.78, 5) is 4.21. The molecule has 6 heteroatoms. The molecule has 0 amide bonds. The predicted octanol–water partition coefficient (Wildman–Crippen LogP) is 2.80. The first-order chi connectivity index (χ1) is 8.46. The molecule has 0 aliphatic carbocycles. The maximum absolute atomic E-state index is 12.6. The summed E-state index contributed by atoms with van der Waals surface area (Å²) in [5.74, 6) is 0. The van der Waals surface area contributed by atoms with E-state index in [9.17, 15) is 8.42 Å². The van der Waals surface area contributed by atoms with Gasteiger partial charge in [-0.05, 0) is 48.2 Å². The van der Waals surface area contributed by atoms with Gasteiger partial charge in [0.1, 0.15) is 4.90 Å². The molecule has 2 atom stereocenters. The first-order valence-electron chi connectivity index (χ1n) is 6.11. The zero-order valence-corrected chi connectivity index (χ0v) is 12.9. The van der Waals surface area contributed by atoms with Gasteiger partial charge in [-0.15, -0.1) is 0 Å². The molecular weight excluding hydrogens is 316 g/mol. The molecule has 0 aromatic carbocycles. The van der Waals surface area contributed by atoms with Gasteiger partial charge in [-0.1, -0.05) is 6.92 Å². The lowest BCUT2D eigenvalue weighted by Crippen LogP contribution is -2.39. The average molecular weight is 333 g/mol. The zero-order chi connectivity index (χ0) is 13.3. The van der Waals surface area contributed by atoms with Crippen molar-refractivity contribution in [1.29, 1.82) is 0 Å². The monoisotopic (exact) mass is 332 g/mol. The van der Waals surface area contributed by atoms with Gasteiger partial charge >= 0.3 is 0 Å². The average Bonchev–Trinajstić information content (AvgIpc) is 2.71. The van der Waals surface area contributed by atoms with Gasteiger partial charge < -0.3 is 0 Å². The maximum Gasteiger partial charge on any atom is 0.245 e. The predicted molar refractivity (Wildman–Crippen MR) is 73.7 cm³/mol. The Balaban J connectivity index is 2.42. The Morgan fingerprint density at radius 3 is 2.78 bits per heavy atom. The van der Waals surface area contributed by atoms with E-state index >= 15 is 0 Å². The summed E-state index contributed by atoms with van der Waals surface area (Å²) in [6, 6.07) is 1.79. The Morgan fingerprint density at radius 2 is 2.17 bits per heavy atom. The summed E-state index contributed by atoms with van der Waals surface area (Å²) >= 11 is 3.27. The highest BCUT2D eigenvalue weighted by molar-refractivity contribution is 9.10. The second kappa shape index (κ2) is 5.27. The van der Waals surface area contributed by atoms with Crippen molar-refractivity contribution in [2.75, 3.05) is 0 Å². The van der Waals surface area contributed by atoms with Crippen LogP contribution in [-0.2, 0) is 10.0 Å². The first kappa shape index (κ1) is 14.0. The van der Waals surface area contributed by atoms with Crippen molar-refractivity contribution in [3.05, 3.63) is 22.9 Å². The van der Waals surface area contributed by atoms with E-state index in [1.807, 2.05) is 13.8 Å². The lowest BCUT2D eigenvalue weighted by Gasteiger charge is -2.26. The third kappa shape index (κ3) is 2.46. The lowest BCUT2D eigenvalue weighted by atomic mass is 10.2.